The molecule has 2 aromatic heterocycles. The van der Waals surface area contributed by atoms with Crippen molar-refractivity contribution < 1.29 is 23.9 Å². The zero-order chi connectivity index (χ0) is 21.1. The summed E-state index contributed by atoms with van der Waals surface area (Å²) in [5.74, 6) is -1.45. The highest BCUT2D eigenvalue weighted by molar-refractivity contribution is 7.16. The molecule has 3 aromatic rings. The second kappa shape index (κ2) is 8.39. The van der Waals surface area contributed by atoms with Crippen LogP contribution >= 0.6 is 11.3 Å². The highest BCUT2D eigenvalue weighted by Gasteiger charge is 2.16. The van der Waals surface area contributed by atoms with E-state index in [0.29, 0.717) is 20.6 Å². The lowest BCUT2D eigenvalue weighted by molar-refractivity contribution is -0.141. The zero-order valence-corrected chi connectivity index (χ0v) is 17.3. The lowest BCUT2D eigenvalue weighted by Gasteiger charge is -2.04. The van der Waals surface area contributed by atoms with E-state index < -0.39 is 17.8 Å². The molecule has 0 radical (unpaired) electrons. The van der Waals surface area contributed by atoms with Crippen molar-refractivity contribution in [2.75, 3.05) is 13.7 Å². The molecule has 0 aliphatic carbocycles. The van der Waals surface area contributed by atoms with Crippen molar-refractivity contribution in [3.8, 4) is 0 Å². The first kappa shape index (κ1) is 20.5. The number of methoxy groups -OCH3 is 1. The summed E-state index contributed by atoms with van der Waals surface area (Å²) in [6.07, 6.45) is 0. The van der Waals surface area contributed by atoms with Gasteiger partial charge in [0.25, 0.3) is 5.91 Å². The van der Waals surface area contributed by atoms with E-state index in [4.69, 9.17) is 9.47 Å². The number of amides is 1. The van der Waals surface area contributed by atoms with Crippen LogP contribution in [0.15, 0.2) is 29.3 Å². The molecular formula is C19H20N4O5S. The molecular weight excluding hydrogens is 396 g/mol. The molecule has 2 heterocycles. The summed E-state index contributed by atoms with van der Waals surface area (Å²) in [5, 5.41) is 4.14. The molecule has 0 unspecified atom stereocenters. The van der Waals surface area contributed by atoms with Gasteiger partial charge in [-0.25, -0.2) is 4.79 Å². The van der Waals surface area contributed by atoms with Crippen molar-refractivity contribution in [2.24, 2.45) is 12.0 Å². The van der Waals surface area contributed by atoms with Crippen LogP contribution in [0.25, 0.3) is 10.2 Å². The average molecular weight is 416 g/mol. The van der Waals surface area contributed by atoms with E-state index in [1.807, 2.05) is 6.92 Å². The summed E-state index contributed by atoms with van der Waals surface area (Å²) in [4.78, 5) is 41.0. The molecule has 0 atom stereocenters. The molecule has 0 aliphatic rings. The molecule has 0 spiro atoms. The fourth-order valence-electron chi connectivity index (χ4n) is 2.66. The minimum Gasteiger partial charge on any atom is -0.468 e. The topological polar surface area (TPSA) is 105 Å². The number of thiazole rings is 1. The lowest BCUT2D eigenvalue weighted by atomic mass is 10.2. The van der Waals surface area contributed by atoms with E-state index in [1.165, 1.54) is 18.4 Å². The molecule has 0 aliphatic heterocycles. The van der Waals surface area contributed by atoms with Crippen molar-refractivity contribution in [1.82, 2.24) is 14.3 Å². The van der Waals surface area contributed by atoms with Crippen molar-refractivity contribution in [3.05, 3.63) is 46.0 Å². The molecule has 0 bridgehead atoms. The van der Waals surface area contributed by atoms with Crippen LogP contribution in [0.1, 0.15) is 33.5 Å². The van der Waals surface area contributed by atoms with Crippen molar-refractivity contribution in [3.63, 3.8) is 0 Å². The molecule has 29 heavy (non-hydrogen) atoms. The zero-order valence-electron chi connectivity index (χ0n) is 16.5. The third kappa shape index (κ3) is 4.27. The van der Waals surface area contributed by atoms with Gasteiger partial charge in [0.15, 0.2) is 10.5 Å². The van der Waals surface area contributed by atoms with Crippen LogP contribution in [0.2, 0.25) is 0 Å². The van der Waals surface area contributed by atoms with Gasteiger partial charge in [-0.15, -0.1) is 0 Å². The molecule has 3 rings (SSSR count). The Kier molecular flexibility index (Phi) is 5.92. The van der Waals surface area contributed by atoms with Crippen LogP contribution in [0, 0.1) is 6.92 Å². The second-order valence-corrected chi connectivity index (χ2v) is 7.17. The highest BCUT2D eigenvalue weighted by atomic mass is 32.1. The summed E-state index contributed by atoms with van der Waals surface area (Å²) in [5.41, 5.74) is 2.06. The number of benzene rings is 1. The number of hydrogen-bond acceptors (Lipinski definition) is 7. The summed E-state index contributed by atoms with van der Waals surface area (Å²) in [6.45, 7) is 3.70. The maximum atomic E-state index is 12.6. The van der Waals surface area contributed by atoms with Crippen LogP contribution in [0.4, 0.5) is 0 Å². The van der Waals surface area contributed by atoms with E-state index in [9.17, 15) is 14.4 Å². The first-order chi connectivity index (χ1) is 13.8. The van der Waals surface area contributed by atoms with Crippen LogP contribution in [-0.2, 0) is 27.9 Å². The van der Waals surface area contributed by atoms with Crippen molar-refractivity contribution >= 4 is 39.4 Å². The monoisotopic (exact) mass is 416 g/mol. The number of rotatable bonds is 5. The predicted octanol–water partition coefficient (Wildman–Crippen LogP) is 1.84. The number of hydrogen-bond donors (Lipinski definition) is 0. The number of fused-ring (bicyclic) bond motifs is 1. The molecule has 0 saturated heterocycles. The van der Waals surface area contributed by atoms with Gasteiger partial charge >= 0.3 is 11.9 Å². The number of carbonyl (C=O) groups is 3. The summed E-state index contributed by atoms with van der Waals surface area (Å²) in [7, 11) is 3.02. The van der Waals surface area contributed by atoms with Crippen LogP contribution in [0.3, 0.4) is 0 Å². The highest BCUT2D eigenvalue weighted by Crippen LogP contribution is 2.20. The SMILES string of the molecule is CCOC(=O)c1ccc2c(c1)sc(=NC(=O)c1cc(C)n(C)n1)n2CC(=O)OC. The number of aryl methyl sites for hydroxylation is 2. The molecule has 1 aromatic carbocycles. The van der Waals surface area contributed by atoms with Gasteiger partial charge in [-0.2, -0.15) is 10.1 Å². The van der Waals surface area contributed by atoms with Gasteiger partial charge in [-0.3, -0.25) is 14.3 Å². The Bertz CT molecular complexity index is 1150. The minimum atomic E-state index is -0.524. The van der Waals surface area contributed by atoms with Gasteiger partial charge in [0, 0.05) is 12.7 Å². The summed E-state index contributed by atoms with van der Waals surface area (Å²) >= 11 is 1.19. The van der Waals surface area contributed by atoms with E-state index >= 15 is 0 Å². The maximum absolute atomic E-state index is 12.6. The standard InChI is InChI=1S/C19H20N4O5S/c1-5-28-18(26)12-6-7-14-15(9-12)29-19(23(14)10-16(24)27-4)20-17(25)13-8-11(2)22(3)21-13/h6-9H,5,10H2,1-4H3. The van der Waals surface area contributed by atoms with Crippen molar-refractivity contribution in [1.29, 1.82) is 0 Å². The molecule has 0 fully saturated rings. The van der Waals surface area contributed by atoms with Gasteiger partial charge in [-0.1, -0.05) is 11.3 Å². The number of nitrogens with zero attached hydrogens (tertiary/aromatic N) is 4. The van der Waals surface area contributed by atoms with Gasteiger partial charge in [0.2, 0.25) is 0 Å². The Balaban J connectivity index is 2.12. The summed E-state index contributed by atoms with van der Waals surface area (Å²) < 4.78 is 13.6. The van der Waals surface area contributed by atoms with Gasteiger partial charge in [0.1, 0.15) is 6.54 Å². The molecule has 9 nitrogen and oxygen atoms in total. The van der Waals surface area contributed by atoms with E-state index in [2.05, 4.69) is 10.1 Å². The Morgan fingerprint density at radius 3 is 2.62 bits per heavy atom. The largest absolute Gasteiger partial charge is 0.468 e. The van der Waals surface area contributed by atoms with Gasteiger partial charge < -0.3 is 14.0 Å². The first-order valence-corrected chi connectivity index (χ1v) is 9.62. The number of carbonyl (C=O) groups excluding carboxylic acids is 3. The normalized spacial score (nSPS) is 11.7. The maximum Gasteiger partial charge on any atom is 0.338 e. The van der Waals surface area contributed by atoms with Gasteiger partial charge in [-0.05, 0) is 38.1 Å². The molecule has 0 saturated carbocycles. The third-order valence-corrected chi connectivity index (χ3v) is 5.28. The minimum absolute atomic E-state index is 0.122. The van der Waals surface area contributed by atoms with Gasteiger partial charge in [0.05, 0.1) is 29.5 Å². The third-order valence-electron chi connectivity index (χ3n) is 4.24. The molecule has 1 amide bonds. The molecule has 0 N–H and O–H groups in total. The number of aromatic nitrogens is 3. The first-order valence-electron chi connectivity index (χ1n) is 8.81. The van der Waals surface area contributed by atoms with E-state index in [0.717, 1.165) is 5.69 Å². The Morgan fingerprint density at radius 2 is 2.00 bits per heavy atom. The fourth-order valence-corrected chi connectivity index (χ4v) is 3.72. The summed E-state index contributed by atoms with van der Waals surface area (Å²) in [6, 6.07) is 6.59. The Morgan fingerprint density at radius 1 is 1.24 bits per heavy atom. The van der Waals surface area contributed by atoms with E-state index in [-0.39, 0.29) is 18.8 Å². The van der Waals surface area contributed by atoms with Crippen LogP contribution in [-0.4, -0.2) is 45.9 Å². The van der Waals surface area contributed by atoms with E-state index in [1.54, 1.807) is 47.5 Å². The fraction of sp³-hybridized carbons (Fsp3) is 0.316. The molecule has 10 heteroatoms. The Hall–Kier alpha value is -3.27. The predicted molar refractivity (Wildman–Crippen MR) is 106 cm³/mol. The van der Waals surface area contributed by atoms with Crippen LogP contribution in [0.5, 0.6) is 0 Å². The van der Waals surface area contributed by atoms with Crippen LogP contribution < -0.4 is 4.80 Å². The molecule has 152 valence electrons. The smallest absolute Gasteiger partial charge is 0.338 e. The Labute approximate surface area is 170 Å². The quantitative estimate of drug-likeness (QED) is 0.588. The lowest BCUT2D eigenvalue weighted by Crippen LogP contribution is -2.22. The number of ether oxygens (including phenoxy) is 2. The van der Waals surface area contributed by atoms with Crippen molar-refractivity contribution in [2.45, 2.75) is 20.4 Å². The average Bonchev–Trinajstić information content (AvgIpc) is 3.21. The second-order valence-electron chi connectivity index (χ2n) is 6.16. The number of esters is 2.